The summed E-state index contributed by atoms with van der Waals surface area (Å²) in [6, 6.07) is 17.3. The van der Waals surface area contributed by atoms with E-state index >= 15 is 0 Å². The van der Waals surface area contributed by atoms with Gasteiger partial charge >= 0.3 is 0 Å². The first kappa shape index (κ1) is 19.5. The Balaban J connectivity index is 1.80. The van der Waals surface area contributed by atoms with Gasteiger partial charge in [-0.05, 0) is 43.7 Å². The summed E-state index contributed by atoms with van der Waals surface area (Å²) in [5.41, 5.74) is 1.81. The lowest BCUT2D eigenvalue weighted by Crippen LogP contribution is -2.37. The maximum absolute atomic E-state index is 12.1. The van der Waals surface area contributed by atoms with E-state index in [-0.39, 0.29) is 24.3 Å². The third kappa shape index (κ3) is 6.24. The van der Waals surface area contributed by atoms with Gasteiger partial charge in [-0.15, -0.1) is 0 Å². The Morgan fingerprint density at radius 1 is 1.04 bits per heavy atom. The van der Waals surface area contributed by atoms with E-state index in [1.807, 2.05) is 68.4 Å². The van der Waals surface area contributed by atoms with Crippen molar-refractivity contribution in [1.82, 2.24) is 4.90 Å². The van der Waals surface area contributed by atoms with Gasteiger partial charge in [-0.3, -0.25) is 9.59 Å². The van der Waals surface area contributed by atoms with Gasteiger partial charge in [0.2, 0.25) is 11.8 Å². The molecule has 0 saturated heterocycles. The van der Waals surface area contributed by atoms with Crippen LogP contribution in [0.15, 0.2) is 54.6 Å². The summed E-state index contributed by atoms with van der Waals surface area (Å²) in [5.74, 6) is 0.608. The molecule has 0 radical (unpaired) electrons. The molecule has 5 nitrogen and oxygen atoms in total. The van der Waals surface area contributed by atoms with Gasteiger partial charge in [0, 0.05) is 31.6 Å². The number of ether oxygens (including phenoxy) is 1. The van der Waals surface area contributed by atoms with Gasteiger partial charge in [-0.25, -0.2) is 0 Å². The molecule has 0 aliphatic rings. The zero-order valence-electron chi connectivity index (χ0n) is 15.6. The lowest BCUT2D eigenvalue weighted by Gasteiger charge is -2.24. The molecule has 2 aromatic carbocycles. The largest absolute Gasteiger partial charge is 0.489 e. The van der Waals surface area contributed by atoms with E-state index in [9.17, 15) is 9.59 Å². The fourth-order valence-corrected chi connectivity index (χ4v) is 2.60. The summed E-state index contributed by atoms with van der Waals surface area (Å²) in [5, 5.41) is 2.84. The smallest absolute Gasteiger partial charge is 0.226 e. The fraction of sp³-hybridized carbons (Fsp3) is 0.333. The molecule has 0 bridgehead atoms. The lowest BCUT2D eigenvalue weighted by molar-refractivity contribution is -0.130. The second kappa shape index (κ2) is 9.61. The molecule has 2 rings (SSSR count). The zero-order valence-corrected chi connectivity index (χ0v) is 15.6. The van der Waals surface area contributed by atoms with Crippen LogP contribution in [0.1, 0.15) is 32.8 Å². The third-order valence-electron chi connectivity index (χ3n) is 3.99. The predicted molar refractivity (Wildman–Crippen MR) is 103 cm³/mol. The van der Waals surface area contributed by atoms with Crippen molar-refractivity contribution in [2.45, 2.75) is 39.8 Å². The highest BCUT2D eigenvalue weighted by Crippen LogP contribution is 2.17. The van der Waals surface area contributed by atoms with Crippen LogP contribution in [0.25, 0.3) is 0 Å². The summed E-state index contributed by atoms with van der Waals surface area (Å²) in [4.78, 5) is 25.3. The van der Waals surface area contributed by atoms with Gasteiger partial charge in [-0.2, -0.15) is 0 Å². The van der Waals surface area contributed by atoms with Crippen molar-refractivity contribution in [1.29, 1.82) is 0 Å². The highest BCUT2D eigenvalue weighted by Gasteiger charge is 2.14. The number of nitrogens with zero attached hydrogens (tertiary/aromatic N) is 1. The first-order valence-corrected chi connectivity index (χ1v) is 8.79. The van der Waals surface area contributed by atoms with Gasteiger partial charge in [0.1, 0.15) is 12.4 Å². The minimum Gasteiger partial charge on any atom is -0.489 e. The van der Waals surface area contributed by atoms with E-state index in [0.29, 0.717) is 18.8 Å². The van der Waals surface area contributed by atoms with Gasteiger partial charge in [0.15, 0.2) is 0 Å². The molecule has 2 amide bonds. The average molecular weight is 354 g/mol. The number of amides is 2. The Kier molecular flexibility index (Phi) is 7.21. The normalized spacial score (nSPS) is 10.5. The van der Waals surface area contributed by atoms with Gasteiger partial charge in [0.25, 0.3) is 0 Å². The Labute approximate surface area is 155 Å². The van der Waals surface area contributed by atoms with Crippen molar-refractivity contribution in [3.63, 3.8) is 0 Å². The van der Waals surface area contributed by atoms with E-state index in [1.54, 1.807) is 4.90 Å². The summed E-state index contributed by atoms with van der Waals surface area (Å²) >= 11 is 0. The minimum absolute atomic E-state index is 0.0206. The van der Waals surface area contributed by atoms with E-state index < -0.39 is 0 Å². The molecular weight excluding hydrogens is 328 g/mol. The molecule has 0 spiro atoms. The molecule has 0 aliphatic heterocycles. The van der Waals surface area contributed by atoms with E-state index in [0.717, 1.165) is 11.3 Å². The molecule has 26 heavy (non-hydrogen) atoms. The summed E-state index contributed by atoms with van der Waals surface area (Å²) < 4.78 is 5.73. The monoisotopic (exact) mass is 354 g/mol. The second-order valence-corrected chi connectivity index (χ2v) is 6.40. The van der Waals surface area contributed by atoms with Crippen LogP contribution in [0.2, 0.25) is 0 Å². The Morgan fingerprint density at radius 2 is 1.69 bits per heavy atom. The van der Waals surface area contributed by atoms with Crippen LogP contribution in [0, 0.1) is 0 Å². The van der Waals surface area contributed by atoms with Gasteiger partial charge in [-0.1, -0.05) is 30.3 Å². The van der Waals surface area contributed by atoms with Crippen LogP contribution in [0.3, 0.4) is 0 Å². The molecule has 0 aromatic heterocycles. The molecule has 0 atom stereocenters. The molecule has 0 saturated carbocycles. The minimum atomic E-state index is -0.116. The lowest BCUT2D eigenvalue weighted by atomic mass is 10.2. The third-order valence-corrected chi connectivity index (χ3v) is 3.99. The van der Waals surface area contributed by atoms with Crippen molar-refractivity contribution in [2.24, 2.45) is 0 Å². The fourth-order valence-electron chi connectivity index (χ4n) is 2.60. The van der Waals surface area contributed by atoms with Crippen LogP contribution >= 0.6 is 0 Å². The molecule has 0 heterocycles. The number of hydrogen-bond donors (Lipinski definition) is 1. The van der Waals surface area contributed by atoms with E-state index in [2.05, 4.69) is 5.32 Å². The number of carbonyl (C=O) groups excluding carboxylic acids is 2. The van der Waals surface area contributed by atoms with Gasteiger partial charge in [0.05, 0.1) is 0 Å². The summed E-state index contributed by atoms with van der Waals surface area (Å²) in [6.07, 6.45) is 0.268. The predicted octanol–water partition coefficient (Wildman–Crippen LogP) is 3.85. The molecular formula is C21H26N2O3. The highest BCUT2D eigenvalue weighted by molar-refractivity contribution is 5.91. The zero-order chi connectivity index (χ0) is 18.9. The maximum Gasteiger partial charge on any atom is 0.226 e. The summed E-state index contributed by atoms with van der Waals surface area (Å²) in [6.45, 7) is 6.31. The van der Waals surface area contributed by atoms with Crippen LogP contribution in [0.4, 0.5) is 5.69 Å². The van der Waals surface area contributed by atoms with Crippen molar-refractivity contribution in [3.05, 3.63) is 60.2 Å². The number of nitrogens with one attached hydrogen (secondary N) is 1. The van der Waals surface area contributed by atoms with E-state index in [1.165, 1.54) is 6.92 Å². The standard InChI is InChI=1S/C21H26N2O3/c1-16(2)23(17(3)24)14-13-21(25)22-19-9-11-20(12-10-19)26-15-18-7-5-4-6-8-18/h4-12,16H,13-15H2,1-3H3,(H,22,25). The first-order chi connectivity index (χ1) is 12.5. The SMILES string of the molecule is CC(=O)N(CCC(=O)Nc1ccc(OCc2ccccc2)cc1)C(C)C. The molecule has 1 N–H and O–H groups in total. The van der Waals surface area contributed by atoms with Crippen LogP contribution in [0.5, 0.6) is 5.75 Å². The first-order valence-electron chi connectivity index (χ1n) is 8.79. The van der Waals surface area contributed by atoms with E-state index in [4.69, 9.17) is 4.74 Å². The quantitative estimate of drug-likeness (QED) is 0.783. The Morgan fingerprint density at radius 3 is 2.27 bits per heavy atom. The van der Waals surface area contributed by atoms with Gasteiger partial charge < -0.3 is 15.0 Å². The topological polar surface area (TPSA) is 58.6 Å². The maximum atomic E-state index is 12.1. The summed E-state index contributed by atoms with van der Waals surface area (Å²) in [7, 11) is 0. The average Bonchev–Trinajstić information content (AvgIpc) is 2.61. The van der Waals surface area contributed by atoms with Crippen LogP contribution in [-0.2, 0) is 16.2 Å². The Hall–Kier alpha value is -2.82. The number of benzene rings is 2. The molecule has 0 unspecified atom stereocenters. The number of rotatable bonds is 8. The van der Waals surface area contributed by atoms with Crippen LogP contribution < -0.4 is 10.1 Å². The van der Waals surface area contributed by atoms with Crippen molar-refractivity contribution in [3.8, 4) is 5.75 Å². The second-order valence-electron chi connectivity index (χ2n) is 6.40. The molecule has 0 fully saturated rings. The number of carbonyl (C=O) groups is 2. The molecule has 138 valence electrons. The van der Waals surface area contributed by atoms with Crippen LogP contribution in [-0.4, -0.2) is 29.3 Å². The van der Waals surface area contributed by atoms with Crippen molar-refractivity contribution in [2.75, 3.05) is 11.9 Å². The molecule has 2 aromatic rings. The Bertz CT molecular complexity index is 712. The number of hydrogen-bond acceptors (Lipinski definition) is 3. The van der Waals surface area contributed by atoms with Crippen molar-refractivity contribution >= 4 is 17.5 Å². The highest BCUT2D eigenvalue weighted by atomic mass is 16.5. The molecule has 0 aliphatic carbocycles. The van der Waals surface area contributed by atoms with Crippen molar-refractivity contribution < 1.29 is 14.3 Å². The molecule has 5 heteroatoms. The number of anilines is 1.